The van der Waals surface area contributed by atoms with E-state index in [1.165, 1.54) is 0 Å². The van der Waals surface area contributed by atoms with E-state index in [4.69, 9.17) is 15.2 Å². The van der Waals surface area contributed by atoms with Gasteiger partial charge in [-0.25, -0.2) is 4.79 Å². The van der Waals surface area contributed by atoms with Crippen molar-refractivity contribution in [3.63, 3.8) is 0 Å². The van der Waals surface area contributed by atoms with Crippen molar-refractivity contribution in [2.75, 3.05) is 36.9 Å². The number of hydrogen-bond donors (Lipinski definition) is 1. The summed E-state index contributed by atoms with van der Waals surface area (Å²) < 4.78 is 10.7. The number of nitrogen functional groups attached to an aromatic ring is 1. The highest BCUT2D eigenvalue weighted by Crippen LogP contribution is 2.26. The van der Waals surface area contributed by atoms with E-state index in [-0.39, 0.29) is 11.6 Å². The molecule has 0 amide bonds. The predicted molar refractivity (Wildman–Crippen MR) is 79.1 cm³/mol. The van der Waals surface area contributed by atoms with Crippen LogP contribution < -0.4 is 10.6 Å². The van der Waals surface area contributed by atoms with Crippen molar-refractivity contribution in [3.05, 3.63) is 23.8 Å². The molecule has 2 rings (SSSR count). The molecule has 2 N–H and O–H groups in total. The van der Waals surface area contributed by atoms with Crippen LogP contribution in [0.1, 0.15) is 31.1 Å². The fourth-order valence-electron chi connectivity index (χ4n) is 2.36. The number of carbonyl (C=O) groups is 1. The second kappa shape index (κ2) is 5.71. The lowest BCUT2D eigenvalue weighted by atomic mass is 10.1. The van der Waals surface area contributed by atoms with E-state index in [0.717, 1.165) is 18.8 Å². The quantitative estimate of drug-likeness (QED) is 0.677. The molecule has 1 saturated heterocycles. The second-order valence-electron chi connectivity index (χ2n) is 5.52. The van der Waals surface area contributed by atoms with E-state index < -0.39 is 0 Å². The predicted octanol–water partition coefficient (Wildman–Crippen LogP) is 2.06. The molecule has 0 unspecified atom stereocenters. The molecule has 0 saturated carbocycles. The van der Waals surface area contributed by atoms with Crippen molar-refractivity contribution in [2.24, 2.45) is 0 Å². The number of ether oxygens (including phenoxy) is 2. The summed E-state index contributed by atoms with van der Waals surface area (Å²) in [6.45, 7) is 8.49. The summed E-state index contributed by atoms with van der Waals surface area (Å²) in [7, 11) is 0. The molecule has 5 nitrogen and oxygen atoms in total. The van der Waals surface area contributed by atoms with Crippen LogP contribution in [-0.2, 0) is 9.47 Å². The van der Waals surface area contributed by atoms with Crippen molar-refractivity contribution in [1.82, 2.24) is 0 Å². The van der Waals surface area contributed by atoms with Gasteiger partial charge in [0.25, 0.3) is 0 Å². The number of hydrogen-bond acceptors (Lipinski definition) is 5. The Morgan fingerprint density at radius 3 is 2.90 bits per heavy atom. The van der Waals surface area contributed by atoms with Gasteiger partial charge in [0.2, 0.25) is 0 Å². The van der Waals surface area contributed by atoms with E-state index in [1.54, 1.807) is 19.1 Å². The highest BCUT2D eigenvalue weighted by molar-refractivity contribution is 5.96. The third-order valence-electron chi connectivity index (χ3n) is 3.32. The Morgan fingerprint density at radius 2 is 2.25 bits per heavy atom. The molecule has 1 heterocycles. The lowest BCUT2D eigenvalue weighted by Gasteiger charge is -2.39. The molecule has 1 aromatic carbocycles. The van der Waals surface area contributed by atoms with E-state index in [9.17, 15) is 4.79 Å². The minimum Gasteiger partial charge on any atom is -0.462 e. The monoisotopic (exact) mass is 278 g/mol. The van der Waals surface area contributed by atoms with Gasteiger partial charge >= 0.3 is 5.97 Å². The summed E-state index contributed by atoms with van der Waals surface area (Å²) in [6.07, 6.45) is 0. The molecule has 0 spiro atoms. The van der Waals surface area contributed by atoms with Crippen molar-refractivity contribution < 1.29 is 14.3 Å². The van der Waals surface area contributed by atoms with Gasteiger partial charge in [0.05, 0.1) is 24.4 Å². The minimum absolute atomic E-state index is 0.191. The number of nitrogens with zero attached hydrogens (tertiary/aromatic N) is 1. The summed E-state index contributed by atoms with van der Waals surface area (Å²) in [5.74, 6) is -0.376. The van der Waals surface area contributed by atoms with Gasteiger partial charge in [-0.1, -0.05) is 0 Å². The van der Waals surface area contributed by atoms with Crippen LogP contribution in [0, 0.1) is 0 Å². The average Bonchev–Trinajstić information content (AvgIpc) is 2.38. The van der Waals surface area contributed by atoms with E-state index in [1.807, 2.05) is 6.07 Å². The number of carbonyl (C=O) groups excluding carboxylic acids is 1. The summed E-state index contributed by atoms with van der Waals surface area (Å²) in [4.78, 5) is 14.1. The van der Waals surface area contributed by atoms with Crippen LogP contribution >= 0.6 is 0 Å². The smallest absolute Gasteiger partial charge is 0.340 e. The lowest BCUT2D eigenvalue weighted by molar-refractivity contribution is -0.0276. The highest BCUT2D eigenvalue weighted by Gasteiger charge is 2.27. The first-order valence-electron chi connectivity index (χ1n) is 6.88. The Balaban J connectivity index is 2.25. The van der Waals surface area contributed by atoms with Gasteiger partial charge in [-0.05, 0) is 39.0 Å². The number of morpholine rings is 1. The molecule has 0 radical (unpaired) electrons. The zero-order valence-electron chi connectivity index (χ0n) is 12.3. The molecule has 0 atom stereocenters. The molecule has 20 heavy (non-hydrogen) atoms. The van der Waals surface area contributed by atoms with Crippen LogP contribution in [-0.4, -0.2) is 37.9 Å². The standard InChI is InChI=1S/C15H22N2O3/c1-4-19-14(18)12-9-11(5-6-13(12)16)17-7-8-20-15(2,3)10-17/h5-6,9H,4,7-8,10,16H2,1-3H3. The largest absolute Gasteiger partial charge is 0.462 e. The molecular weight excluding hydrogens is 256 g/mol. The summed E-state index contributed by atoms with van der Waals surface area (Å²) in [5, 5.41) is 0. The molecule has 1 aliphatic heterocycles. The normalized spacial score (nSPS) is 17.9. The molecule has 1 fully saturated rings. The number of esters is 1. The van der Waals surface area contributed by atoms with Gasteiger partial charge in [0.15, 0.2) is 0 Å². The Labute approximate surface area is 119 Å². The first-order valence-corrected chi connectivity index (χ1v) is 6.88. The van der Waals surface area contributed by atoms with Gasteiger partial charge in [0, 0.05) is 24.5 Å². The van der Waals surface area contributed by atoms with Gasteiger partial charge in [-0.15, -0.1) is 0 Å². The number of nitrogens with two attached hydrogens (primary N) is 1. The number of benzene rings is 1. The Morgan fingerprint density at radius 1 is 1.50 bits per heavy atom. The second-order valence-corrected chi connectivity index (χ2v) is 5.52. The molecule has 0 aromatic heterocycles. The fourth-order valence-corrected chi connectivity index (χ4v) is 2.36. The molecule has 110 valence electrons. The van der Waals surface area contributed by atoms with E-state index in [0.29, 0.717) is 24.5 Å². The van der Waals surface area contributed by atoms with Crippen molar-refractivity contribution >= 4 is 17.3 Å². The summed E-state index contributed by atoms with van der Waals surface area (Å²) in [5.41, 5.74) is 7.51. The zero-order chi connectivity index (χ0) is 14.8. The van der Waals surface area contributed by atoms with Crippen molar-refractivity contribution in [2.45, 2.75) is 26.4 Å². The summed E-state index contributed by atoms with van der Waals surface area (Å²) >= 11 is 0. The maximum atomic E-state index is 11.9. The van der Waals surface area contributed by atoms with Crippen LogP contribution in [0.2, 0.25) is 0 Å². The van der Waals surface area contributed by atoms with Crippen LogP contribution in [0.15, 0.2) is 18.2 Å². The molecular formula is C15H22N2O3. The maximum absolute atomic E-state index is 11.9. The highest BCUT2D eigenvalue weighted by atomic mass is 16.5. The third-order valence-corrected chi connectivity index (χ3v) is 3.32. The molecule has 1 aliphatic rings. The maximum Gasteiger partial charge on any atom is 0.340 e. The molecule has 0 bridgehead atoms. The topological polar surface area (TPSA) is 64.8 Å². The Kier molecular flexibility index (Phi) is 4.18. The van der Waals surface area contributed by atoms with E-state index >= 15 is 0 Å². The number of anilines is 2. The van der Waals surface area contributed by atoms with Crippen LogP contribution in [0.4, 0.5) is 11.4 Å². The first kappa shape index (κ1) is 14.7. The number of rotatable bonds is 3. The Bertz CT molecular complexity index is 500. The fraction of sp³-hybridized carbons (Fsp3) is 0.533. The first-order chi connectivity index (χ1) is 9.43. The molecule has 1 aromatic rings. The summed E-state index contributed by atoms with van der Waals surface area (Å²) in [6, 6.07) is 5.48. The van der Waals surface area contributed by atoms with Gasteiger partial charge < -0.3 is 20.1 Å². The molecule has 0 aliphatic carbocycles. The van der Waals surface area contributed by atoms with Gasteiger partial charge in [-0.2, -0.15) is 0 Å². The van der Waals surface area contributed by atoms with Crippen LogP contribution in [0.25, 0.3) is 0 Å². The minimum atomic E-state index is -0.376. The van der Waals surface area contributed by atoms with Crippen molar-refractivity contribution in [1.29, 1.82) is 0 Å². The van der Waals surface area contributed by atoms with E-state index in [2.05, 4.69) is 18.7 Å². The molecule has 5 heteroatoms. The van der Waals surface area contributed by atoms with Crippen LogP contribution in [0.3, 0.4) is 0 Å². The van der Waals surface area contributed by atoms with Gasteiger partial charge in [0.1, 0.15) is 0 Å². The van der Waals surface area contributed by atoms with Gasteiger partial charge in [-0.3, -0.25) is 0 Å². The lowest BCUT2D eigenvalue weighted by Crippen LogP contribution is -2.48. The zero-order valence-corrected chi connectivity index (χ0v) is 12.3. The average molecular weight is 278 g/mol. The van der Waals surface area contributed by atoms with Crippen molar-refractivity contribution in [3.8, 4) is 0 Å². The SMILES string of the molecule is CCOC(=O)c1cc(N2CCOC(C)(C)C2)ccc1N. The Hall–Kier alpha value is -1.75. The third kappa shape index (κ3) is 3.22. The van der Waals surface area contributed by atoms with Crippen LogP contribution in [0.5, 0.6) is 0 Å².